The van der Waals surface area contributed by atoms with E-state index in [1.807, 2.05) is 18.2 Å². The third-order valence-corrected chi connectivity index (χ3v) is 9.03. The van der Waals surface area contributed by atoms with Crippen molar-refractivity contribution in [1.82, 2.24) is 14.9 Å². The minimum atomic E-state index is -3.73. The Hall–Kier alpha value is -2.85. The van der Waals surface area contributed by atoms with Crippen molar-refractivity contribution in [3.63, 3.8) is 0 Å². The quantitative estimate of drug-likeness (QED) is 0.437. The Labute approximate surface area is 198 Å². The van der Waals surface area contributed by atoms with Crippen LogP contribution in [0, 0.1) is 0 Å². The summed E-state index contributed by atoms with van der Waals surface area (Å²) < 4.78 is 26.9. The molecule has 168 valence electrons. The average molecular weight is 500 g/mol. The number of Topliss-reactive ketones (excluding diaryl/α,β-unsaturated/α-hetero) is 1. The molecule has 1 aliphatic rings. The average Bonchev–Trinajstić information content (AvgIpc) is 3.44. The maximum Gasteiger partial charge on any atom is 0.264 e. The second-order valence-corrected chi connectivity index (χ2v) is 11.7. The molecular weight excluding hydrogens is 482 g/mol. The maximum atomic E-state index is 13.2. The molecule has 5 rings (SSSR count). The fourth-order valence-corrected chi connectivity index (χ4v) is 6.89. The second kappa shape index (κ2) is 8.49. The molecule has 0 bridgehead atoms. The van der Waals surface area contributed by atoms with Gasteiger partial charge in [-0.3, -0.25) is 14.2 Å². The summed E-state index contributed by atoms with van der Waals surface area (Å²) in [5.74, 6) is -0.584. The van der Waals surface area contributed by atoms with Crippen molar-refractivity contribution in [2.75, 3.05) is 5.75 Å². The molecule has 0 spiro atoms. The van der Waals surface area contributed by atoms with E-state index in [4.69, 9.17) is 11.6 Å². The van der Waals surface area contributed by atoms with Crippen LogP contribution in [0.15, 0.2) is 63.7 Å². The Balaban J connectivity index is 1.41. The van der Waals surface area contributed by atoms with E-state index in [-0.39, 0.29) is 16.2 Å². The zero-order chi connectivity index (χ0) is 23.2. The summed E-state index contributed by atoms with van der Waals surface area (Å²) in [6.07, 6.45) is 1.44. The number of carbonyl (C=O) groups is 1. The van der Waals surface area contributed by atoms with Crippen LogP contribution in [-0.2, 0) is 34.1 Å². The first-order chi connectivity index (χ1) is 15.8. The van der Waals surface area contributed by atoms with Gasteiger partial charge in [-0.1, -0.05) is 35.9 Å². The molecule has 0 saturated heterocycles. The van der Waals surface area contributed by atoms with Gasteiger partial charge < -0.3 is 5.32 Å². The zero-order valence-electron chi connectivity index (χ0n) is 17.2. The summed E-state index contributed by atoms with van der Waals surface area (Å²) in [4.78, 5) is 30.1. The summed E-state index contributed by atoms with van der Waals surface area (Å²) in [5, 5.41) is 4.86. The Morgan fingerprint density at radius 2 is 1.88 bits per heavy atom. The fraction of sp³-hybridized carbons (Fsp3) is 0.174. The highest BCUT2D eigenvalue weighted by Gasteiger charge is 2.23. The van der Waals surface area contributed by atoms with Gasteiger partial charge in [0.25, 0.3) is 5.56 Å². The molecule has 4 heterocycles. The maximum absolute atomic E-state index is 13.2. The van der Waals surface area contributed by atoms with Crippen molar-refractivity contribution in [1.29, 1.82) is 0 Å². The van der Waals surface area contributed by atoms with E-state index >= 15 is 0 Å². The smallest absolute Gasteiger partial charge is 0.264 e. The molecule has 0 radical (unpaired) electrons. The highest BCUT2D eigenvalue weighted by Crippen LogP contribution is 2.27. The molecule has 0 saturated carbocycles. The summed E-state index contributed by atoms with van der Waals surface area (Å²) >= 11 is 6.74. The van der Waals surface area contributed by atoms with E-state index in [0.717, 1.165) is 28.0 Å². The van der Waals surface area contributed by atoms with Gasteiger partial charge in [0.1, 0.15) is 15.8 Å². The largest absolute Gasteiger partial charge is 0.307 e. The lowest BCUT2D eigenvalue weighted by Gasteiger charge is -2.14. The monoisotopic (exact) mass is 499 g/mol. The van der Waals surface area contributed by atoms with Crippen LogP contribution in [0.2, 0.25) is 4.34 Å². The first-order valence-electron chi connectivity index (χ1n) is 10.1. The number of fused-ring (bicyclic) bond motifs is 3. The molecule has 0 aliphatic carbocycles. The number of nitrogens with zero attached hydrogens (tertiary/aromatic N) is 2. The number of nitrogens with one attached hydrogen (secondary N) is 1. The molecule has 1 N–H and O–H groups in total. The lowest BCUT2D eigenvalue weighted by Crippen LogP contribution is -2.24. The van der Waals surface area contributed by atoms with Crippen LogP contribution in [-0.4, -0.2) is 29.5 Å². The Kier molecular flexibility index (Phi) is 5.65. The van der Waals surface area contributed by atoms with Gasteiger partial charge in [-0.25, -0.2) is 13.4 Å². The number of hydrogen-bond donors (Lipinski definition) is 1. The van der Waals surface area contributed by atoms with Crippen LogP contribution in [0.4, 0.5) is 0 Å². The number of aromatic nitrogens is 2. The van der Waals surface area contributed by atoms with Crippen molar-refractivity contribution in [2.45, 2.75) is 23.7 Å². The molecule has 10 heteroatoms. The molecule has 4 aromatic rings. The highest BCUT2D eigenvalue weighted by molar-refractivity contribution is 7.94. The first kappa shape index (κ1) is 22.0. The van der Waals surface area contributed by atoms with Gasteiger partial charge in [0, 0.05) is 36.8 Å². The van der Waals surface area contributed by atoms with E-state index < -0.39 is 21.4 Å². The fourth-order valence-electron chi connectivity index (χ4n) is 4.08. The van der Waals surface area contributed by atoms with Crippen LogP contribution >= 0.6 is 22.9 Å². The van der Waals surface area contributed by atoms with Gasteiger partial charge in [-0.2, -0.15) is 0 Å². The van der Waals surface area contributed by atoms with E-state index in [0.29, 0.717) is 34.2 Å². The number of rotatable bonds is 6. The van der Waals surface area contributed by atoms with Gasteiger partial charge in [0.15, 0.2) is 15.6 Å². The number of sulfone groups is 1. The van der Waals surface area contributed by atoms with Crippen molar-refractivity contribution < 1.29 is 13.2 Å². The van der Waals surface area contributed by atoms with Crippen molar-refractivity contribution in [2.24, 2.45) is 0 Å². The minimum absolute atomic E-state index is 0.0715. The van der Waals surface area contributed by atoms with Crippen LogP contribution in [0.5, 0.6) is 0 Å². The van der Waals surface area contributed by atoms with Gasteiger partial charge in [-0.15, -0.1) is 11.3 Å². The van der Waals surface area contributed by atoms with Crippen molar-refractivity contribution >= 4 is 49.3 Å². The van der Waals surface area contributed by atoms with Gasteiger partial charge in [-0.05, 0) is 40.8 Å². The number of halogens is 1. The number of hydrogen-bond acceptors (Lipinski definition) is 7. The number of carbonyl (C=O) groups excluding carboxylic acids is 1. The molecule has 33 heavy (non-hydrogen) atoms. The van der Waals surface area contributed by atoms with E-state index in [1.54, 1.807) is 22.8 Å². The van der Waals surface area contributed by atoms with Crippen LogP contribution in [0.25, 0.3) is 16.6 Å². The number of ketones is 1. The molecule has 0 amide bonds. The SMILES string of the molecule is O=C(Cc1ccc(-n2c3c(c4ccccc4c2=O)CNC3)nc1)CS(=O)(=O)c1ccc(Cl)s1. The molecule has 1 aromatic carbocycles. The van der Waals surface area contributed by atoms with Crippen molar-refractivity contribution in [3.8, 4) is 5.82 Å². The van der Waals surface area contributed by atoms with Crippen LogP contribution < -0.4 is 10.9 Å². The van der Waals surface area contributed by atoms with E-state index in [9.17, 15) is 18.0 Å². The normalized spacial score (nSPS) is 13.4. The minimum Gasteiger partial charge on any atom is -0.307 e. The van der Waals surface area contributed by atoms with Crippen LogP contribution in [0.3, 0.4) is 0 Å². The van der Waals surface area contributed by atoms with Crippen LogP contribution in [0.1, 0.15) is 16.8 Å². The first-order valence-corrected chi connectivity index (χ1v) is 13.0. The summed E-state index contributed by atoms with van der Waals surface area (Å²) in [7, 11) is -3.73. The van der Waals surface area contributed by atoms with Gasteiger partial charge in [0.05, 0.1) is 4.34 Å². The second-order valence-electron chi connectivity index (χ2n) is 7.77. The van der Waals surface area contributed by atoms with Gasteiger partial charge in [0.2, 0.25) is 0 Å². The third-order valence-electron chi connectivity index (χ3n) is 5.54. The summed E-state index contributed by atoms with van der Waals surface area (Å²) in [6.45, 7) is 1.23. The lowest BCUT2D eigenvalue weighted by molar-refractivity contribution is -0.116. The standard InChI is InChI=1S/C23H18ClN3O4S2/c24-20-6-8-22(32-20)33(30,31)13-15(28)9-14-5-7-21(26-10-14)27-19-12-25-11-18(19)16-3-1-2-4-17(16)23(27)29/h1-8,10,25H,9,11-13H2. The third kappa shape index (κ3) is 4.13. The number of benzene rings is 1. The molecule has 0 unspecified atom stereocenters. The number of thiophene rings is 1. The Morgan fingerprint density at radius 1 is 1.09 bits per heavy atom. The molecule has 7 nitrogen and oxygen atoms in total. The van der Waals surface area contributed by atoms with E-state index in [2.05, 4.69) is 10.3 Å². The number of pyridine rings is 2. The Bertz CT molecular complexity index is 1560. The van der Waals surface area contributed by atoms with Gasteiger partial charge >= 0.3 is 0 Å². The Morgan fingerprint density at radius 3 is 2.58 bits per heavy atom. The highest BCUT2D eigenvalue weighted by atomic mass is 35.5. The molecule has 1 aliphatic heterocycles. The molecular formula is C23H18ClN3O4S2. The summed E-state index contributed by atoms with van der Waals surface area (Å²) in [6, 6.07) is 13.8. The van der Waals surface area contributed by atoms with Crippen molar-refractivity contribution in [3.05, 3.63) is 86.2 Å². The zero-order valence-corrected chi connectivity index (χ0v) is 19.6. The topological polar surface area (TPSA) is 98.1 Å². The summed E-state index contributed by atoms with van der Waals surface area (Å²) in [5.41, 5.74) is 2.37. The predicted octanol–water partition coefficient (Wildman–Crippen LogP) is 3.29. The predicted molar refractivity (Wildman–Crippen MR) is 128 cm³/mol. The molecule has 3 aromatic heterocycles. The molecule has 0 atom stereocenters. The molecule has 0 fully saturated rings. The lowest BCUT2D eigenvalue weighted by atomic mass is 10.1. The van der Waals surface area contributed by atoms with E-state index in [1.165, 1.54) is 18.3 Å².